The normalized spacial score (nSPS) is 21.3. The molecule has 2 aliphatic rings. The minimum Gasteiger partial charge on any atom is -0.387 e. The van der Waals surface area contributed by atoms with E-state index in [-0.39, 0.29) is 5.92 Å². The molecule has 1 aliphatic carbocycles. The second-order valence-electron chi connectivity index (χ2n) is 9.51. The van der Waals surface area contributed by atoms with Gasteiger partial charge in [0.1, 0.15) is 11.9 Å². The fourth-order valence-electron chi connectivity index (χ4n) is 4.32. The van der Waals surface area contributed by atoms with E-state index in [2.05, 4.69) is 59.3 Å². The molecule has 2 heterocycles. The third-order valence-electron chi connectivity index (χ3n) is 6.75. The first-order chi connectivity index (χ1) is 16.5. The molecule has 0 radical (unpaired) electrons. The summed E-state index contributed by atoms with van der Waals surface area (Å²) in [7, 11) is 0. The molecule has 3 unspecified atom stereocenters. The highest BCUT2D eigenvalue weighted by atomic mass is 16.5. The van der Waals surface area contributed by atoms with Crippen LogP contribution in [0.25, 0.3) is 0 Å². The summed E-state index contributed by atoms with van der Waals surface area (Å²) in [6.07, 6.45) is 12.6. The van der Waals surface area contributed by atoms with Gasteiger partial charge >= 0.3 is 0 Å². The van der Waals surface area contributed by atoms with Crippen LogP contribution in [-0.4, -0.2) is 76.9 Å². The van der Waals surface area contributed by atoms with E-state index in [4.69, 9.17) is 4.98 Å². The Balaban J connectivity index is 1.39. The highest BCUT2D eigenvalue weighted by molar-refractivity contribution is 5.40. The van der Waals surface area contributed by atoms with Crippen LogP contribution >= 0.6 is 0 Å². The Labute approximate surface area is 204 Å². The van der Waals surface area contributed by atoms with Gasteiger partial charge in [-0.3, -0.25) is 4.90 Å². The number of hydrogen-bond acceptors (Lipinski definition) is 7. The molecule has 1 aliphatic heterocycles. The predicted molar refractivity (Wildman–Crippen MR) is 137 cm³/mol. The van der Waals surface area contributed by atoms with Gasteiger partial charge in [-0.05, 0) is 42.5 Å². The standard InChI is InChI=1S/C27H42N4O3/c1-3-21(2)7-4-5-12-28-18-23-10-11-25(29-19-23)31-15-13-30(14-16-31)20-22-8-6-9-24(17-22)26(32)27(33)34/h4,6-8,10-11,17,19,21,24,26-28,32-34H,3,5,9,12-16,18,20H2,1-2H3/b7-4-. The largest absolute Gasteiger partial charge is 0.387 e. The first-order valence-corrected chi connectivity index (χ1v) is 12.7. The minimum absolute atomic E-state index is 0.250. The maximum absolute atomic E-state index is 9.95. The van der Waals surface area contributed by atoms with Crippen molar-refractivity contribution in [3.8, 4) is 0 Å². The van der Waals surface area contributed by atoms with Gasteiger partial charge in [-0.15, -0.1) is 0 Å². The fourth-order valence-corrected chi connectivity index (χ4v) is 4.32. The van der Waals surface area contributed by atoms with Gasteiger partial charge in [0.15, 0.2) is 6.29 Å². The summed E-state index contributed by atoms with van der Waals surface area (Å²) in [4.78, 5) is 9.41. The number of pyridine rings is 1. The van der Waals surface area contributed by atoms with Crippen LogP contribution in [-0.2, 0) is 6.54 Å². The van der Waals surface area contributed by atoms with E-state index >= 15 is 0 Å². The molecule has 0 amide bonds. The van der Waals surface area contributed by atoms with E-state index in [1.54, 1.807) is 0 Å². The molecular formula is C27H42N4O3. The molecule has 0 saturated carbocycles. The van der Waals surface area contributed by atoms with Crippen molar-refractivity contribution >= 4 is 5.82 Å². The number of nitrogens with one attached hydrogen (secondary N) is 1. The molecule has 7 heteroatoms. The van der Waals surface area contributed by atoms with Crippen molar-refractivity contribution in [2.24, 2.45) is 11.8 Å². The molecule has 4 N–H and O–H groups in total. The molecular weight excluding hydrogens is 428 g/mol. The molecule has 0 aromatic carbocycles. The van der Waals surface area contributed by atoms with E-state index in [1.165, 1.54) is 12.0 Å². The molecule has 1 saturated heterocycles. The highest BCUT2D eigenvalue weighted by Crippen LogP contribution is 2.23. The molecule has 188 valence electrons. The van der Waals surface area contributed by atoms with E-state index in [0.29, 0.717) is 12.3 Å². The maximum atomic E-state index is 9.95. The van der Waals surface area contributed by atoms with Crippen LogP contribution in [0.2, 0.25) is 0 Å². The average Bonchev–Trinajstić information content (AvgIpc) is 2.86. The maximum Gasteiger partial charge on any atom is 0.178 e. The molecule has 34 heavy (non-hydrogen) atoms. The molecule has 7 nitrogen and oxygen atoms in total. The molecule has 0 spiro atoms. The Hall–Kier alpha value is -2.03. The van der Waals surface area contributed by atoms with Crippen molar-refractivity contribution in [1.29, 1.82) is 0 Å². The van der Waals surface area contributed by atoms with Crippen molar-refractivity contribution in [2.45, 2.75) is 52.0 Å². The number of allylic oxidation sites excluding steroid dienone is 2. The van der Waals surface area contributed by atoms with Gasteiger partial charge in [0.05, 0.1) is 0 Å². The quantitative estimate of drug-likeness (QED) is 0.212. The Bertz CT molecular complexity index is 814. The van der Waals surface area contributed by atoms with Gasteiger partial charge in [-0.2, -0.15) is 0 Å². The third-order valence-corrected chi connectivity index (χ3v) is 6.75. The summed E-state index contributed by atoms with van der Waals surface area (Å²) in [6, 6.07) is 4.28. The molecule has 3 rings (SSSR count). The van der Waals surface area contributed by atoms with Gasteiger partial charge in [-0.1, -0.05) is 56.7 Å². The molecule has 1 fully saturated rings. The van der Waals surface area contributed by atoms with Gasteiger partial charge < -0.3 is 25.5 Å². The lowest BCUT2D eigenvalue weighted by atomic mass is 9.90. The van der Waals surface area contributed by atoms with E-state index < -0.39 is 12.4 Å². The Morgan fingerprint density at radius 3 is 2.65 bits per heavy atom. The van der Waals surface area contributed by atoms with Crippen LogP contribution in [0.1, 0.15) is 38.7 Å². The number of aromatic nitrogens is 1. The van der Waals surface area contributed by atoms with E-state index in [0.717, 1.165) is 63.6 Å². The van der Waals surface area contributed by atoms with E-state index in [9.17, 15) is 15.3 Å². The zero-order chi connectivity index (χ0) is 24.3. The minimum atomic E-state index is -1.70. The fraction of sp³-hybridized carbons (Fsp3) is 0.593. The van der Waals surface area contributed by atoms with Crippen LogP contribution in [0.4, 0.5) is 5.82 Å². The van der Waals surface area contributed by atoms with Crippen LogP contribution in [0.3, 0.4) is 0 Å². The number of aliphatic hydroxyl groups is 3. The average molecular weight is 471 g/mol. The van der Waals surface area contributed by atoms with Crippen molar-refractivity contribution < 1.29 is 15.3 Å². The van der Waals surface area contributed by atoms with Crippen molar-refractivity contribution in [2.75, 3.05) is 44.2 Å². The topological polar surface area (TPSA) is 92.1 Å². The van der Waals surface area contributed by atoms with E-state index in [1.807, 2.05) is 18.3 Å². The van der Waals surface area contributed by atoms with Crippen LogP contribution < -0.4 is 10.2 Å². The monoisotopic (exact) mass is 470 g/mol. The summed E-state index contributed by atoms with van der Waals surface area (Å²) in [6.45, 7) is 10.8. The number of nitrogens with zero attached hydrogens (tertiary/aromatic N) is 3. The zero-order valence-electron chi connectivity index (χ0n) is 20.7. The summed E-state index contributed by atoms with van der Waals surface area (Å²) in [5.74, 6) is 1.43. The van der Waals surface area contributed by atoms with Crippen molar-refractivity contribution in [1.82, 2.24) is 15.2 Å². The second kappa shape index (κ2) is 13.8. The summed E-state index contributed by atoms with van der Waals surface area (Å²) >= 11 is 0. The van der Waals surface area contributed by atoms with Gasteiger partial charge in [0, 0.05) is 51.4 Å². The lowest BCUT2D eigenvalue weighted by Crippen LogP contribution is -2.47. The SMILES string of the molecule is CCC(C)/C=C\CCNCc1ccc(N2CCN(CC3=CC(C(O)C(O)O)CC=C3)CC2)nc1. The number of aliphatic hydroxyl groups excluding tert-OH is 2. The first-order valence-electron chi connectivity index (χ1n) is 12.7. The summed E-state index contributed by atoms with van der Waals surface area (Å²) in [5.41, 5.74) is 2.32. The van der Waals surface area contributed by atoms with Crippen molar-refractivity contribution in [3.63, 3.8) is 0 Å². The Morgan fingerprint density at radius 2 is 1.97 bits per heavy atom. The van der Waals surface area contributed by atoms with Crippen molar-refractivity contribution in [3.05, 3.63) is 59.8 Å². The second-order valence-corrected chi connectivity index (χ2v) is 9.51. The van der Waals surface area contributed by atoms with Crippen LogP contribution in [0.5, 0.6) is 0 Å². The number of piperazine rings is 1. The van der Waals surface area contributed by atoms with Crippen LogP contribution in [0, 0.1) is 11.8 Å². The van der Waals surface area contributed by atoms with Gasteiger partial charge in [-0.25, -0.2) is 4.98 Å². The Morgan fingerprint density at radius 1 is 1.18 bits per heavy atom. The third kappa shape index (κ3) is 8.32. The smallest absolute Gasteiger partial charge is 0.178 e. The van der Waals surface area contributed by atoms with Crippen LogP contribution in [0.15, 0.2) is 54.3 Å². The lowest BCUT2D eigenvalue weighted by Gasteiger charge is -2.36. The Kier molecular flexibility index (Phi) is 10.8. The number of anilines is 1. The van der Waals surface area contributed by atoms with Gasteiger partial charge in [0.2, 0.25) is 0 Å². The van der Waals surface area contributed by atoms with Gasteiger partial charge in [0.25, 0.3) is 0 Å². The molecule has 1 aromatic heterocycles. The highest BCUT2D eigenvalue weighted by Gasteiger charge is 2.25. The summed E-state index contributed by atoms with van der Waals surface area (Å²) in [5, 5.41) is 32.0. The number of hydrogen-bond donors (Lipinski definition) is 4. The summed E-state index contributed by atoms with van der Waals surface area (Å²) < 4.78 is 0. The lowest BCUT2D eigenvalue weighted by molar-refractivity contribution is -0.134. The zero-order valence-corrected chi connectivity index (χ0v) is 20.7. The number of rotatable bonds is 12. The molecule has 3 atom stereocenters. The molecule has 0 bridgehead atoms. The predicted octanol–water partition coefficient (Wildman–Crippen LogP) is 2.46. The first kappa shape index (κ1) is 26.6. The molecule has 1 aromatic rings.